The lowest BCUT2D eigenvalue weighted by atomic mass is 10.1. The van der Waals surface area contributed by atoms with Crippen molar-refractivity contribution >= 4 is 16.9 Å². The minimum absolute atomic E-state index is 0.203. The molecule has 0 spiro atoms. The Hall–Kier alpha value is -1.84. The van der Waals surface area contributed by atoms with Crippen molar-refractivity contribution in [3.63, 3.8) is 0 Å². The van der Waals surface area contributed by atoms with E-state index in [4.69, 9.17) is 4.42 Å². The second-order valence-corrected chi connectivity index (χ2v) is 3.90. The summed E-state index contributed by atoms with van der Waals surface area (Å²) in [4.78, 5) is 24.3. The van der Waals surface area contributed by atoms with Crippen LogP contribution < -0.4 is 5.76 Å². The molecule has 0 atom stereocenters. The monoisotopic (exact) mass is 219 g/mol. The summed E-state index contributed by atoms with van der Waals surface area (Å²) in [6.07, 6.45) is 2.25. The molecule has 1 N–H and O–H groups in total. The predicted molar refractivity (Wildman–Crippen MR) is 60.5 cm³/mol. The molecule has 1 aromatic heterocycles. The zero-order chi connectivity index (χ0) is 11.5. The van der Waals surface area contributed by atoms with Gasteiger partial charge in [-0.15, -0.1) is 0 Å². The van der Waals surface area contributed by atoms with Crippen LogP contribution >= 0.6 is 0 Å². The molecule has 2 aromatic rings. The number of ketones is 1. The molecule has 1 aromatic carbocycles. The first-order valence-electron chi connectivity index (χ1n) is 5.26. The molecule has 0 amide bonds. The Labute approximate surface area is 92.3 Å². The number of aromatic nitrogens is 1. The second kappa shape index (κ2) is 4.35. The fourth-order valence-electron chi connectivity index (χ4n) is 1.69. The minimum atomic E-state index is -0.434. The second-order valence-electron chi connectivity index (χ2n) is 3.90. The van der Waals surface area contributed by atoms with E-state index in [-0.39, 0.29) is 5.78 Å². The van der Waals surface area contributed by atoms with Crippen LogP contribution in [0, 0.1) is 0 Å². The van der Waals surface area contributed by atoms with E-state index in [9.17, 15) is 9.59 Å². The van der Waals surface area contributed by atoms with Gasteiger partial charge in [-0.05, 0) is 37.5 Å². The van der Waals surface area contributed by atoms with Gasteiger partial charge in [-0.1, -0.05) is 6.07 Å². The summed E-state index contributed by atoms with van der Waals surface area (Å²) in [6, 6.07) is 5.60. The first-order chi connectivity index (χ1) is 7.65. The number of nitrogens with one attached hydrogen (secondary N) is 1. The molecule has 0 fully saturated rings. The molecule has 0 radical (unpaired) electrons. The van der Waals surface area contributed by atoms with Crippen molar-refractivity contribution in [2.75, 3.05) is 0 Å². The molecular formula is C12H13NO3. The smallest absolute Gasteiger partial charge is 0.408 e. The third-order valence-corrected chi connectivity index (χ3v) is 2.48. The van der Waals surface area contributed by atoms with Crippen molar-refractivity contribution in [3.8, 4) is 0 Å². The number of Topliss-reactive ketones (excluding diaryl/α,β-unsaturated/α-hetero) is 1. The number of carbonyl (C=O) groups is 1. The van der Waals surface area contributed by atoms with Gasteiger partial charge in [0.05, 0.1) is 5.52 Å². The molecular weight excluding hydrogens is 206 g/mol. The first-order valence-corrected chi connectivity index (χ1v) is 5.26. The Morgan fingerprint density at radius 1 is 1.44 bits per heavy atom. The van der Waals surface area contributed by atoms with Gasteiger partial charge in [0.25, 0.3) is 0 Å². The zero-order valence-electron chi connectivity index (χ0n) is 9.08. The van der Waals surface area contributed by atoms with E-state index in [2.05, 4.69) is 4.98 Å². The van der Waals surface area contributed by atoms with Crippen molar-refractivity contribution in [2.24, 2.45) is 0 Å². The number of rotatable bonds is 4. The Morgan fingerprint density at radius 2 is 2.25 bits per heavy atom. The van der Waals surface area contributed by atoms with Crippen LogP contribution in [-0.4, -0.2) is 10.8 Å². The summed E-state index contributed by atoms with van der Waals surface area (Å²) >= 11 is 0. The van der Waals surface area contributed by atoms with Gasteiger partial charge in [-0.25, -0.2) is 4.79 Å². The van der Waals surface area contributed by atoms with Crippen LogP contribution in [0.3, 0.4) is 0 Å². The summed E-state index contributed by atoms with van der Waals surface area (Å²) < 4.78 is 4.96. The maximum absolute atomic E-state index is 10.9. The fraction of sp³-hybridized carbons (Fsp3) is 0.333. The average molecular weight is 219 g/mol. The molecule has 0 aliphatic carbocycles. The highest BCUT2D eigenvalue weighted by Gasteiger charge is 2.02. The number of H-pyrrole nitrogens is 1. The van der Waals surface area contributed by atoms with Gasteiger partial charge in [0.15, 0.2) is 5.58 Å². The molecule has 0 aliphatic rings. The summed E-state index contributed by atoms with van der Waals surface area (Å²) in [5.41, 5.74) is 2.36. The standard InChI is InChI=1S/C12H13NO3/c1-8(14)3-2-4-9-5-6-10-11(7-9)16-12(15)13-10/h5-7H,2-4H2,1H3,(H,13,15). The normalized spacial score (nSPS) is 10.8. The third kappa shape index (κ3) is 2.39. The number of benzene rings is 1. The van der Waals surface area contributed by atoms with E-state index in [1.807, 2.05) is 18.2 Å². The summed E-state index contributed by atoms with van der Waals surface area (Å²) in [5.74, 6) is -0.231. The van der Waals surface area contributed by atoms with Crippen LogP contribution in [0.1, 0.15) is 25.3 Å². The molecule has 0 unspecified atom stereocenters. The highest BCUT2D eigenvalue weighted by Crippen LogP contribution is 2.14. The summed E-state index contributed by atoms with van der Waals surface area (Å²) in [7, 11) is 0. The van der Waals surface area contributed by atoms with E-state index >= 15 is 0 Å². The summed E-state index contributed by atoms with van der Waals surface area (Å²) in [5, 5.41) is 0. The first kappa shape index (κ1) is 10.7. The molecule has 1 heterocycles. The van der Waals surface area contributed by atoms with E-state index in [1.165, 1.54) is 0 Å². The van der Waals surface area contributed by atoms with Gasteiger partial charge in [0, 0.05) is 6.42 Å². The maximum Gasteiger partial charge on any atom is 0.417 e. The SMILES string of the molecule is CC(=O)CCCc1ccc2[nH]c(=O)oc2c1. The van der Waals surface area contributed by atoms with Crippen molar-refractivity contribution in [1.29, 1.82) is 0 Å². The lowest BCUT2D eigenvalue weighted by Crippen LogP contribution is -1.92. The van der Waals surface area contributed by atoms with E-state index < -0.39 is 5.76 Å². The zero-order valence-corrected chi connectivity index (χ0v) is 9.08. The molecule has 0 saturated heterocycles. The van der Waals surface area contributed by atoms with Gasteiger partial charge in [0.1, 0.15) is 5.78 Å². The van der Waals surface area contributed by atoms with E-state index in [1.54, 1.807) is 6.92 Å². The number of hydrogen-bond acceptors (Lipinski definition) is 3. The highest BCUT2D eigenvalue weighted by molar-refractivity contribution is 5.75. The molecule has 4 nitrogen and oxygen atoms in total. The Bertz CT molecular complexity index is 565. The van der Waals surface area contributed by atoms with Crippen molar-refractivity contribution in [1.82, 2.24) is 4.98 Å². The van der Waals surface area contributed by atoms with Gasteiger partial charge < -0.3 is 9.21 Å². The van der Waals surface area contributed by atoms with Crippen molar-refractivity contribution < 1.29 is 9.21 Å². The number of carbonyl (C=O) groups excluding carboxylic acids is 1. The lowest BCUT2D eigenvalue weighted by Gasteiger charge is -1.99. The van der Waals surface area contributed by atoms with Crippen LogP contribution in [0.5, 0.6) is 0 Å². The lowest BCUT2D eigenvalue weighted by molar-refractivity contribution is -0.117. The maximum atomic E-state index is 10.9. The summed E-state index contributed by atoms with van der Waals surface area (Å²) in [6.45, 7) is 1.59. The molecule has 0 saturated carbocycles. The van der Waals surface area contributed by atoms with Crippen LogP contribution in [0.2, 0.25) is 0 Å². The number of aryl methyl sites for hydroxylation is 1. The fourth-order valence-corrected chi connectivity index (χ4v) is 1.69. The van der Waals surface area contributed by atoms with E-state index in [0.29, 0.717) is 17.5 Å². The number of hydrogen-bond donors (Lipinski definition) is 1. The van der Waals surface area contributed by atoms with Crippen molar-refractivity contribution in [2.45, 2.75) is 26.2 Å². The minimum Gasteiger partial charge on any atom is -0.408 e. The van der Waals surface area contributed by atoms with Crippen molar-refractivity contribution in [3.05, 3.63) is 34.3 Å². The third-order valence-electron chi connectivity index (χ3n) is 2.48. The van der Waals surface area contributed by atoms with Crippen LogP contribution in [0.25, 0.3) is 11.1 Å². The van der Waals surface area contributed by atoms with Gasteiger partial charge >= 0.3 is 5.76 Å². The largest absolute Gasteiger partial charge is 0.417 e. The van der Waals surface area contributed by atoms with Crippen LogP contribution in [0.15, 0.2) is 27.4 Å². The Balaban J connectivity index is 2.13. The topological polar surface area (TPSA) is 63.1 Å². The average Bonchev–Trinajstić information content (AvgIpc) is 2.56. The molecule has 84 valence electrons. The van der Waals surface area contributed by atoms with Crippen LogP contribution in [0.4, 0.5) is 0 Å². The molecule has 4 heteroatoms. The highest BCUT2D eigenvalue weighted by atomic mass is 16.4. The van der Waals surface area contributed by atoms with E-state index in [0.717, 1.165) is 18.4 Å². The van der Waals surface area contributed by atoms with Gasteiger partial charge in [-0.3, -0.25) is 4.98 Å². The predicted octanol–water partition coefficient (Wildman–Crippen LogP) is 2.03. The Kier molecular flexibility index (Phi) is 2.90. The molecule has 0 aliphatic heterocycles. The van der Waals surface area contributed by atoms with Crippen LogP contribution in [-0.2, 0) is 11.2 Å². The molecule has 16 heavy (non-hydrogen) atoms. The number of aromatic amines is 1. The molecule has 0 bridgehead atoms. The van der Waals surface area contributed by atoms with Gasteiger partial charge in [0.2, 0.25) is 0 Å². The molecule has 2 rings (SSSR count). The number of fused-ring (bicyclic) bond motifs is 1. The Morgan fingerprint density at radius 3 is 3.00 bits per heavy atom. The quantitative estimate of drug-likeness (QED) is 0.855. The number of oxazole rings is 1. The van der Waals surface area contributed by atoms with Gasteiger partial charge in [-0.2, -0.15) is 0 Å².